The molecule has 23 heavy (non-hydrogen) atoms. The summed E-state index contributed by atoms with van der Waals surface area (Å²) in [5.41, 5.74) is 2.51. The largest absolute Gasteiger partial charge is 0.325 e. The van der Waals surface area contributed by atoms with Gasteiger partial charge in [-0.25, -0.2) is 4.39 Å². The van der Waals surface area contributed by atoms with Gasteiger partial charge in [0.1, 0.15) is 5.82 Å². The van der Waals surface area contributed by atoms with Gasteiger partial charge in [-0.05, 0) is 37.5 Å². The Labute approximate surface area is 136 Å². The molecule has 1 amide bonds. The smallest absolute Gasteiger partial charge is 0.238 e. The van der Waals surface area contributed by atoms with E-state index in [2.05, 4.69) is 10.2 Å². The van der Waals surface area contributed by atoms with Crippen LogP contribution in [-0.2, 0) is 11.3 Å². The van der Waals surface area contributed by atoms with Crippen LogP contribution in [0.25, 0.3) is 0 Å². The number of benzene rings is 2. The summed E-state index contributed by atoms with van der Waals surface area (Å²) in [5.74, 6) is -0.264. The first kappa shape index (κ1) is 15.7. The molecule has 3 rings (SSSR count). The third-order valence-electron chi connectivity index (χ3n) is 4.16. The molecule has 0 unspecified atom stereocenters. The molecular weight excluding hydrogens is 291 g/mol. The van der Waals surface area contributed by atoms with Gasteiger partial charge in [-0.1, -0.05) is 36.4 Å². The van der Waals surface area contributed by atoms with Crippen molar-refractivity contribution in [3.8, 4) is 0 Å². The molecular formula is C19H21FN2O. The molecule has 0 radical (unpaired) electrons. The van der Waals surface area contributed by atoms with Crippen molar-refractivity contribution in [3.05, 3.63) is 65.5 Å². The zero-order chi connectivity index (χ0) is 16.2. The maximum atomic E-state index is 13.8. The van der Waals surface area contributed by atoms with Crippen LogP contribution in [0.3, 0.4) is 0 Å². The maximum absolute atomic E-state index is 13.8. The first-order valence-corrected chi connectivity index (χ1v) is 7.96. The number of anilines is 1. The second kappa shape index (κ2) is 6.92. The van der Waals surface area contributed by atoms with E-state index >= 15 is 0 Å². The number of carbonyl (C=O) groups excluding carboxylic acids is 1. The summed E-state index contributed by atoms with van der Waals surface area (Å²) in [7, 11) is 0. The summed E-state index contributed by atoms with van der Waals surface area (Å²) in [4.78, 5) is 14.4. The van der Waals surface area contributed by atoms with Crippen LogP contribution in [-0.4, -0.2) is 23.4 Å². The Morgan fingerprint density at radius 1 is 1.17 bits per heavy atom. The van der Waals surface area contributed by atoms with E-state index in [1.807, 2.05) is 37.3 Å². The zero-order valence-corrected chi connectivity index (χ0v) is 13.3. The van der Waals surface area contributed by atoms with Crippen molar-refractivity contribution in [2.75, 3.05) is 11.9 Å². The lowest BCUT2D eigenvalue weighted by molar-refractivity contribution is -0.117. The van der Waals surface area contributed by atoms with Crippen molar-refractivity contribution in [1.29, 1.82) is 0 Å². The molecule has 0 spiro atoms. The summed E-state index contributed by atoms with van der Waals surface area (Å²) in [6.45, 7) is 2.72. The summed E-state index contributed by atoms with van der Waals surface area (Å²) in [5, 5.41) is 2.95. The van der Waals surface area contributed by atoms with Gasteiger partial charge in [0.25, 0.3) is 0 Å². The van der Waals surface area contributed by atoms with Crippen molar-refractivity contribution in [2.45, 2.75) is 32.4 Å². The van der Waals surface area contributed by atoms with Crippen molar-refractivity contribution < 1.29 is 9.18 Å². The molecule has 3 nitrogen and oxygen atoms in total. The van der Waals surface area contributed by atoms with E-state index in [1.165, 1.54) is 6.07 Å². The molecule has 0 bridgehead atoms. The molecule has 0 aliphatic heterocycles. The standard InChI is InChI=1S/C19H21FN2O/c1-14-6-2-5-9-18(14)21-19(23)13-22(16-10-11-16)12-15-7-3-4-8-17(15)20/h2-9,16H,10-13H2,1H3,(H,21,23). The number of aryl methyl sites for hydroxylation is 1. The summed E-state index contributed by atoms with van der Waals surface area (Å²) >= 11 is 0. The lowest BCUT2D eigenvalue weighted by atomic mass is 10.2. The molecule has 120 valence electrons. The maximum Gasteiger partial charge on any atom is 0.238 e. The van der Waals surface area contributed by atoms with Gasteiger partial charge in [0.05, 0.1) is 6.54 Å². The van der Waals surface area contributed by atoms with Gasteiger partial charge in [-0.15, -0.1) is 0 Å². The van der Waals surface area contributed by atoms with Gasteiger partial charge in [0.2, 0.25) is 5.91 Å². The lowest BCUT2D eigenvalue weighted by Crippen LogP contribution is -2.34. The number of nitrogens with zero attached hydrogens (tertiary/aromatic N) is 1. The second-order valence-corrected chi connectivity index (χ2v) is 6.09. The minimum Gasteiger partial charge on any atom is -0.325 e. The van der Waals surface area contributed by atoms with Crippen LogP contribution in [0, 0.1) is 12.7 Å². The minimum atomic E-state index is -0.211. The number of carbonyl (C=O) groups is 1. The predicted molar refractivity (Wildman–Crippen MR) is 89.6 cm³/mol. The number of hydrogen-bond donors (Lipinski definition) is 1. The molecule has 0 heterocycles. The molecule has 1 N–H and O–H groups in total. The fraction of sp³-hybridized carbons (Fsp3) is 0.316. The van der Waals surface area contributed by atoms with Gasteiger partial charge in [0.15, 0.2) is 0 Å². The Hall–Kier alpha value is -2.20. The van der Waals surface area contributed by atoms with E-state index in [-0.39, 0.29) is 18.3 Å². The first-order chi connectivity index (χ1) is 11.1. The fourth-order valence-electron chi connectivity index (χ4n) is 2.69. The van der Waals surface area contributed by atoms with E-state index in [1.54, 1.807) is 12.1 Å². The molecule has 0 saturated heterocycles. The van der Waals surface area contributed by atoms with Crippen molar-refractivity contribution >= 4 is 11.6 Å². The Morgan fingerprint density at radius 3 is 2.57 bits per heavy atom. The summed E-state index contributed by atoms with van der Waals surface area (Å²) in [6.07, 6.45) is 2.15. The Morgan fingerprint density at radius 2 is 1.87 bits per heavy atom. The zero-order valence-electron chi connectivity index (χ0n) is 13.3. The third-order valence-corrected chi connectivity index (χ3v) is 4.16. The SMILES string of the molecule is Cc1ccccc1NC(=O)CN(Cc1ccccc1F)C1CC1. The Balaban J connectivity index is 1.65. The minimum absolute atomic E-state index is 0.0532. The topological polar surface area (TPSA) is 32.3 Å². The van der Waals surface area contributed by atoms with Gasteiger partial charge >= 0.3 is 0 Å². The van der Waals surface area contributed by atoms with Crippen LogP contribution in [0.1, 0.15) is 24.0 Å². The van der Waals surface area contributed by atoms with Crippen molar-refractivity contribution in [3.63, 3.8) is 0 Å². The highest BCUT2D eigenvalue weighted by Gasteiger charge is 2.30. The number of halogens is 1. The van der Waals surface area contributed by atoms with Crippen LogP contribution in [0.2, 0.25) is 0 Å². The van der Waals surface area contributed by atoms with Gasteiger partial charge in [-0.2, -0.15) is 0 Å². The molecule has 1 aliphatic rings. The van der Waals surface area contributed by atoms with Crippen LogP contribution in [0.5, 0.6) is 0 Å². The van der Waals surface area contributed by atoms with Crippen LogP contribution < -0.4 is 5.32 Å². The highest BCUT2D eigenvalue weighted by atomic mass is 19.1. The van der Waals surface area contributed by atoms with Crippen molar-refractivity contribution in [2.24, 2.45) is 0 Å². The van der Waals surface area contributed by atoms with E-state index in [0.717, 1.165) is 24.1 Å². The number of amides is 1. The summed E-state index contributed by atoms with van der Waals surface area (Å²) < 4.78 is 13.8. The Bertz CT molecular complexity index is 697. The number of hydrogen-bond acceptors (Lipinski definition) is 2. The second-order valence-electron chi connectivity index (χ2n) is 6.09. The van der Waals surface area contributed by atoms with Crippen molar-refractivity contribution in [1.82, 2.24) is 4.90 Å². The number of nitrogens with one attached hydrogen (secondary N) is 1. The molecule has 1 aliphatic carbocycles. The lowest BCUT2D eigenvalue weighted by Gasteiger charge is -2.22. The number of para-hydroxylation sites is 1. The van der Waals surface area contributed by atoms with E-state index in [4.69, 9.17) is 0 Å². The third kappa shape index (κ3) is 4.17. The molecule has 4 heteroatoms. The predicted octanol–water partition coefficient (Wildman–Crippen LogP) is 3.74. The van der Waals surface area contributed by atoms with E-state index in [9.17, 15) is 9.18 Å². The molecule has 0 aromatic heterocycles. The average molecular weight is 312 g/mol. The molecule has 1 saturated carbocycles. The molecule has 1 fully saturated rings. The normalized spacial score (nSPS) is 14.0. The Kier molecular flexibility index (Phi) is 4.72. The van der Waals surface area contributed by atoms with Crippen LogP contribution in [0.15, 0.2) is 48.5 Å². The number of rotatable bonds is 6. The highest BCUT2D eigenvalue weighted by Crippen LogP contribution is 2.28. The van der Waals surface area contributed by atoms with Crippen LogP contribution in [0.4, 0.5) is 10.1 Å². The molecule has 2 aromatic rings. The molecule has 2 aromatic carbocycles. The molecule has 0 atom stereocenters. The fourth-order valence-corrected chi connectivity index (χ4v) is 2.69. The average Bonchev–Trinajstić information content (AvgIpc) is 3.36. The quantitative estimate of drug-likeness (QED) is 0.881. The highest BCUT2D eigenvalue weighted by molar-refractivity contribution is 5.93. The first-order valence-electron chi connectivity index (χ1n) is 7.96. The van der Waals surface area contributed by atoms with Gasteiger partial charge < -0.3 is 5.32 Å². The van der Waals surface area contributed by atoms with Gasteiger partial charge in [-0.3, -0.25) is 9.69 Å². The monoisotopic (exact) mass is 312 g/mol. The van der Waals surface area contributed by atoms with E-state index < -0.39 is 0 Å². The van der Waals surface area contributed by atoms with Crippen LogP contribution >= 0.6 is 0 Å². The van der Waals surface area contributed by atoms with E-state index in [0.29, 0.717) is 18.2 Å². The van der Waals surface area contributed by atoms with Gasteiger partial charge in [0, 0.05) is 23.8 Å². The summed E-state index contributed by atoms with van der Waals surface area (Å²) in [6, 6.07) is 14.9.